The first-order valence-electron chi connectivity index (χ1n) is 5.29. The van der Waals surface area contributed by atoms with E-state index in [0.29, 0.717) is 16.2 Å². The van der Waals surface area contributed by atoms with E-state index in [0.717, 1.165) is 22.2 Å². The van der Waals surface area contributed by atoms with Crippen molar-refractivity contribution in [3.8, 4) is 0 Å². The highest BCUT2D eigenvalue weighted by Crippen LogP contribution is 2.26. The molecule has 0 atom stereocenters. The van der Waals surface area contributed by atoms with Crippen LogP contribution in [0.4, 0.5) is 0 Å². The molecule has 2 rings (SSSR count). The molecule has 0 fully saturated rings. The van der Waals surface area contributed by atoms with Crippen LogP contribution in [-0.4, -0.2) is 19.5 Å². The van der Waals surface area contributed by atoms with Crippen molar-refractivity contribution in [2.75, 3.05) is 0 Å². The minimum atomic E-state index is 0.386. The smallest absolute Gasteiger partial charge is 0.204 e. The molecule has 0 aliphatic rings. The zero-order valence-corrected chi connectivity index (χ0v) is 12.6. The molecule has 0 aliphatic heterocycles. The first-order valence-corrected chi connectivity index (χ1v) is 7.03. The number of nitrogens with zero attached hydrogens (tertiary/aromatic N) is 4. The minimum Gasteiger partial charge on any atom is -0.320 e. The fourth-order valence-electron chi connectivity index (χ4n) is 1.52. The van der Waals surface area contributed by atoms with Gasteiger partial charge in [0.25, 0.3) is 0 Å². The molecule has 18 heavy (non-hydrogen) atoms. The van der Waals surface area contributed by atoms with E-state index in [1.807, 2.05) is 27.0 Å². The average Bonchev–Trinajstić information content (AvgIpc) is 2.50. The molecule has 0 amide bonds. The number of rotatable bonds is 3. The van der Waals surface area contributed by atoms with Crippen LogP contribution in [0.15, 0.2) is 11.2 Å². The lowest BCUT2D eigenvalue weighted by Gasteiger charge is -2.04. The molecule has 0 unspecified atom stereocenters. The number of hydrogen-bond acceptors (Lipinski definition) is 4. The number of hydrogen-bond donors (Lipinski definition) is 0. The largest absolute Gasteiger partial charge is 0.320 e. The van der Waals surface area contributed by atoms with Gasteiger partial charge in [-0.2, -0.15) is 0 Å². The number of imidazole rings is 1. The fraction of sp³-hybridized carbons (Fsp3) is 0.364. The molecule has 96 valence electrons. The van der Waals surface area contributed by atoms with Crippen LogP contribution in [0, 0.1) is 13.8 Å². The van der Waals surface area contributed by atoms with Gasteiger partial charge in [0.05, 0.1) is 5.69 Å². The third kappa shape index (κ3) is 2.96. The Hall–Kier alpha value is -0.780. The molecule has 4 nitrogen and oxygen atoms in total. The van der Waals surface area contributed by atoms with Crippen LogP contribution in [-0.2, 0) is 12.8 Å². The third-order valence-corrected chi connectivity index (χ3v) is 3.91. The number of aryl methyl sites for hydroxylation is 2. The summed E-state index contributed by atoms with van der Waals surface area (Å²) >= 11 is 13.4. The van der Waals surface area contributed by atoms with E-state index in [4.69, 9.17) is 23.2 Å². The molecule has 2 heterocycles. The molecule has 0 N–H and O–H groups in total. The van der Waals surface area contributed by atoms with E-state index >= 15 is 0 Å². The Morgan fingerprint density at radius 1 is 1.17 bits per heavy atom. The first-order chi connectivity index (χ1) is 8.47. The monoisotopic (exact) mass is 302 g/mol. The van der Waals surface area contributed by atoms with Gasteiger partial charge in [-0.1, -0.05) is 23.4 Å². The van der Waals surface area contributed by atoms with Crippen molar-refractivity contribution < 1.29 is 0 Å². The summed E-state index contributed by atoms with van der Waals surface area (Å²) in [6, 6.07) is 1.94. The zero-order valence-electron chi connectivity index (χ0n) is 10.2. The zero-order chi connectivity index (χ0) is 13.3. The number of aromatic nitrogens is 4. The first kappa shape index (κ1) is 13.6. The summed E-state index contributed by atoms with van der Waals surface area (Å²) in [7, 11) is 1.83. The second-order valence-electron chi connectivity index (χ2n) is 3.90. The summed E-state index contributed by atoms with van der Waals surface area (Å²) in [4.78, 5) is 12.7. The highest BCUT2D eigenvalue weighted by atomic mass is 35.5. The quantitative estimate of drug-likeness (QED) is 0.643. The molecular formula is C11H12Cl2N4S. The Bertz CT molecular complexity index is 562. The van der Waals surface area contributed by atoms with Gasteiger partial charge in [0, 0.05) is 24.2 Å². The third-order valence-electron chi connectivity index (χ3n) is 2.41. The fourth-order valence-corrected chi connectivity index (χ4v) is 3.11. The van der Waals surface area contributed by atoms with Crippen LogP contribution in [0.2, 0.25) is 10.4 Å². The molecule has 2 aromatic rings. The molecule has 0 aromatic carbocycles. The summed E-state index contributed by atoms with van der Waals surface area (Å²) in [6.45, 7) is 3.90. The SMILES string of the molecule is Cc1cc(C)nc(SCc2c(Cl)nc(Cl)n2C)n1. The van der Waals surface area contributed by atoms with Crippen LogP contribution in [0.5, 0.6) is 0 Å². The van der Waals surface area contributed by atoms with Crippen LogP contribution in [0.25, 0.3) is 0 Å². The topological polar surface area (TPSA) is 43.6 Å². The van der Waals surface area contributed by atoms with Gasteiger partial charge >= 0.3 is 0 Å². The Morgan fingerprint density at radius 3 is 2.28 bits per heavy atom. The Kier molecular flexibility index (Phi) is 4.14. The van der Waals surface area contributed by atoms with E-state index in [-0.39, 0.29) is 0 Å². The van der Waals surface area contributed by atoms with Gasteiger partial charge in [0.15, 0.2) is 10.3 Å². The van der Waals surface area contributed by atoms with Crippen molar-refractivity contribution in [2.45, 2.75) is 24.8 Å². The minimum absolute atomic E-state index is 0.386. The number of thioether (sulfide) groups is 1. The lowest BCUT2D eigenvalue weighted by Crippen LogP contribution is -1.97. The summed E-state index contributed by atoms with van der Waals surface area (Å²) in [5, 5.41) is 1.55. The van der Waals surface area contributed by atoms with Gasteiger partial charge in [-0.15, -0.1) is 0 Å². The predicted molar refractivity (Wildman–Crippen MR) is 74.3 cm³/mol. The molecule has 0 radical (unpaired) electrons. The van der Waals surface area contributed by atoms with Crippen molar-refractivity contribution in [1.29, 1.82) is 0 Å². The molecule has 0 bridgehead atoms. The van der Waals surface area contributed by atoms with Crippen molar-refractivity contribution in [1.82, 2.24) is 19.5 Å². The molecule has 0 saturated carbocycles. The molecule has 0 saturated heterocycles. The predicted octanol–water partition coefficient (Wildman–Crippen LogP) is 3.43. The summed E-state index contributed by atoms with van der Waals surface area (Å²) in [5.41, 5.74) is 2.78. The maximum atomic E-state index is 6.01. The van der Waals surface area contributed by atoms with E-state index in [1.165, 1.54) is 11.8 Å². The summed E-state index contributed by atoms with van der Waals surface area (Å²) in [5.74, 6) is 0.637. The summed E-state index contributed by atoms with van der Waals surface area (Å²) in [6.07, 6.45) is 0. The number of halogens is 2. The molecule has 0 spiro atoms. The van der Waals surface area contributed by atoms with Gasteiger partial charge < -0.3 is 4.57 Å². The second kappa shape index (κ2) is 5.47. The molecule has 2 aromatic heterocycles. The lowest BCUT2D eigenvalue weighted by atomic mass is 10.4. The second-order valence-corrected chi connectivity index (χ2v) is 5.54. The van der Waals surface area contributed by atoms with Crippen molar-refractivity contribution in [3.63, 3.8) is 0 Å². The van der Waals surface area contributed by atoms with Crippen molar-refractivity contribution in [3.05, 3.63) is 33.6 Å². The summed E-state index contributed by atoms with van der Waals surface area (Å²) < 4.78 is 1.76. The van der Waals surface area contributed by atoms with E-state index < -0.39 is 0 Å². The van der Waals surface area contributed by atoms with Gasteiger partial charge in [-0.05, 0) is 31.5 Å². The Morgan fingerprint density at radius 2 is 1.78 bits per heavy atom. The van der Waals surface area contributed by atoms with E-state index in [2.05, 4.69) is 15.0 Å². The van der Waals surface area contributed by atoms with Crippen LogP contribution in [0.1, 0.15) is 17.1 Å². The molecular weight excluding hydrogens is 291 g/mol. The van der Waals surface area contributed by atoms with Crippen molar-refractivity contribution in [2.24, 2.45) is 7.05 Å². The normalized spacial score (nSPS) is 10.9. The van der Waals surface area contributed by atoms with Crippen LogP contribution >= 0.6 is 35.0 Å². The molecule has 0 aliphatic carbocycles. The highest BCUT2D eigenvalue weighted by molar-refractivity contribution is 7.98. The van der Waals surface area contributed by atoms with Gasteiger partial charge in [-0.25, -0.2) is 15.0 Å². The Labute approximate surface area is 120 Å². The standard InChI is InChI=1S/C11H12Cl2N4S/c1-6-4-7(2)15-11(14-6)18-5-8-9(12)16-10(13)17(8)3/h4H,5H2,1-3H3. The van der Waals surface area contributed by atoms with Gasteiger partial charge in [0.1, 0.15) is 0 Å². The molecule has 7 heteroatoms. The Balaban J connectivity index is 2.16. The maximum absolute atomic E-state index is 6.01. The average molecular weight is 303 g/mol. The van der Waals surface area contributed by atoms with Crippen LogP contribution < -0.4 is 0 Å². The van der Waals surface area contributed by atoms with Crippen molar-refractivity contribution >= 4 is 35.0 Å². The van der Waals surface area contributed by atoms with E-state index in [1.54, 1.807) is 4.57 Å². The lowest BCUT2D eigenvalue weighted by molar-refractivity contribution is 0.862. The highest BCUT2D eigenvalue weighted by Gasteiger charge is 2.12. The van der Waals surface area contributed by atoms with Gasteiger partial charge in [-0.3, -0.25) is 0 Å². The van der Waals surface area contributed by atoms with Crippen LogP contribution in [0.3, 0.4) is 0 Å². The van der Waals surface area contributed by atoms with E-state index in [9.17, 15) is 0 Å². The maximum Gasteiger partial charge on any atom is 0.204 e. The van der Waals surface area contributed by atoms with Gasteiger partial charge in [0.2, 0.25) is 5.28 Å².